The number of amides is 1. The molecule has 88 valence electrons. The van der Waals surface area contributed by atoms with Crippen LogP contribution in [-0.2, 0) is 9.59 Å². The fraction of sp³-hybridized carbons (Fsp3) is 0.385. The van der Waals surface area contributed by atoms with Gasteiger partial charge in [-0.2, -0.15) is 0 Å². The van der Waals surface area contributed by atoms with E-state index in [2.05, 4.69) is 0 Å². The van der Waals surface area contributed by atoms with E-state index < -0.39 is 5.41 Å². The highest BCUT2D eigenvalue weighted by atomic mass is 35.5. The van der Waals surface area contributed by atoms with Gasteiger partial charge in [0, 0.05) is 10.7 Å². The number of anilines is 1. The average molecular weight is 250 g/mol. The molecule has 0 radical (unpaired) electrons. The van der Waals surface area contributed by atoms with Gasteiger partial charge >= 0.3 is 0 Å². The molecule has 1 aromatic carbocycles. The number of nitrogens with zero attached hydrogens (tertiary/aromatic N) is 1. The Morgan fingerprint density at radius 2 is 1.82 bits per heavy atom. The second-order valence-electron chi connectivity index (χ2n) is 4.77. The Morgan fingerprint density at radius 1 is 1.24 bits per heavy atom. The van der Waals surface area contributed by atoms with Crippen LogP contribution in [0.15, 0.2) is 24.3 Å². The predicted molar refractivity (Wildman–Crippen MR) is 65.1 cm³/mol. The molecule has 1 aliphatic heterocycles. The Labute approximate surface area is 104 Å². The van der Waals surface area contributed by atoms with E-state index in [1.165, 1.54) is 0 Å². The second kappa shape index (κ2) is 3.33. The molecule has 1 saturated carbocycles. The summed E-state index contributed by atoms with van der Waals surface area (Å²) in [5.74, 6) is 0.0229. The van der Waals surface area contributed by atoms with E-state index in [1.807, 2.05) is 0 Å². The highest BCUT2D eigenvalue weighted by molar-refractivity contribution is 6.30. The van der Waals surface area contributed by atoms with Gasteiger partial charge in [-0.15, -0.1) is 0 Å². The Bertz CT molecular complexity index is 505. The third-order valence-electron chi connectivity index (χ3n) is 3.72. The molecule has 0 N–H and O–H groups in total. The monoisotopic (exact) mass is 249 g/mol. The molecule has 0 bridgehead atoms. The van der Waals surface area contributed by atoms with E-state index in [4.69, 9.17) is 11.6 Å². The van der Waals surface area contributed by atoms with Crippen molar-refractivity contribution in [2.45, 2.75) is 25.8 Å². The quantitative estimate of drug-likeness (QED) is 0.717. The van der Waals surface area contributed by atoms with E-state index in [1.54, 1.807) is 36.1 Å². The summed E-state index contributed by atoms with van der Waals surface area (Å²) in [7, 11) is 0. The summed E-state index contributed by atoms with van der Waals surface area (Å²) in [6.45, 7) is 1.79. The summed E-state index contributed by atoms with van der Waals surface area (Å²) in [5, 5.41) is 0.625. The first kappa shape index (κ1) is 10.8. The van der Waals surface area contributed by atoms with Crippen LogP contribution in [0, 0.1) is 5.41 Å². The Morgan fingerprint density at radius 3 is 2.29 bits per heavy atom. The molecule has 2 fully saturated rings. The van der Waals surface area contributed by atoms with Gasteiger partial charge in [-0.25, -0.2) is 0 Å². The molecule has 1 spiro atoms. The first-order valence-corrected chi connectivity index (χ1v) is 6.08. The van der Waals surface area contributed by atoms with E-state index >= 15 is 0 Å². The molecule has 3 nitrogen and oxygen atoms in total. The molecular weight excluding hydrogens is 238 g/mol. The molecule has 1 amide bonds. The van der Waals surface area contributed by atoms with Gasteiger partial charge in [-0.05, 0) is 44.0 Å². The minimum atomic E-state index is -0.681. The van der Waals surface area contributed by atoms with Crippen LogP contribution >= 0.6 is 11.6 Å². The smallest absolute Gasteiger partial charge is 0.241 e. The summed E-state index contributed by atoms with van der Waals surface area (Å²) >= 11 is 5.82. The lowest BCUT2D eigenvalue weighted by molar-refractivity contribution is -0.129. The highest BCUT2D eigenvalue weighted by Crippen LogP contribution is 2.54. The van der Waals surface area contributed by atoms with Crippen LogP contribution in [0.5, 0.6) is 0 Å². The van der Waals surface area contributed by atoms with Crippen LogP contribution in [0.3, 0.4) is 0 Å². The molecule has 0 aromatic heterocycles. The topological polar surface area (TPSA) is 37.4 Å². The number of hydrogen-bond acceptors (Lipinski definition) is 2. The van der Waals surface area contributed by atoms with Crippen LogP contribution in [0.1, 0.15) is 19.8 Å². The molecule has 1 aromatic rings. The Balaban J connectivity index is 2.01. The van der Waals surface area contributed by atoms with Crippen molar-refractivity contribution < 1.29 is 9.59 Å². The van der Waals surface area contributed by atoms with Gasteiger partial charge in [0.2, 0.25) is 5.91 Å². The maximum absolute atomic E-state index is 12.3. The summed E-state index contributed by atoms with van der Waals surface area (Å²) in [6, 6.07) is 6.68. The number of benzene rings is 1. The lowest BCUT2D eigenvalue weighted by Crippen LogP contribution is -2.33. The second-order valence-corrected chi connectivity index (χ2v) is 5.21. The summed E-state index contributed by atoms with van der Waals surface area (Å²) < 4.78 is 0. The predicted octanol–water partition coefficient (Wildman–Crippen LogP) is 2.42. The summed E-state index contributed by atoms with van der Waals surface area (Å²) in [5.41, 5.74) is 0.0722. The van der Waals surface area contributed by atoms with Crippen molar-refractivity contribution in [2.24, 2.45) is 5.41 Å². The zero-order chi connectivity index (χ0) is 12.2. The summed E-state index contributed by atoms with van der Waals surface area (Å²) in [6.07, 6.45) is 1.41. The highest BCUT2D eigenvalue weighted by Gasteiger charge is 2.65. The van der Waals surface area contributed by atoms with Gasteiger partial charge in [-0.3, -0.25) is 9.59 Å². The number of carbonyl (C=O) groups excluding carboxylic acids is 2. The zero-order valence-electron chi connectivity index (χ0n) is 9.44. The molecule has 1 heterocycles. The molecule has 2 aliphatic rings. The van der Waals surface area contributed by atoms with Gasteiger partial charge < -0.3 is 4.90 Å². The lowest BCUT2D eigenvalue weighted by Gasteiger charge is -2.20. The first-order chi connectivity index (χ1) is 8.06. The van der Waals surface area contributed by atoms with E-state index in [-0.39, 0.29) is 17.7 Å². The van der Waals surface area contributed by atoms with Crippen LogP contribution in [0.25, 0.3) is 0 Å². The molecule has 3 rings (SSSR count). The number of hydrogen-bond donors (Lipinski definition) is 0. The Hall–Kier alpha value is -1.35. The molecule has 1 unspecified atom stereocenters. The normalized spacial score (nSPS) is 25.8. The van der Waals surface area contributed by atoms with Gasteiger partial charge in [0.15, 0.2) is 5.78 Å². The number of halogens is 1. The summed E-state index contributed by atoms with van der Waals surface area (Å²) in [4.78, 5) is 25.9. The maximum atomic E-state index is 12.3. The fourth-order valence-corrected chi connectivity index (χ4v) is 2.68. The van der Waals surface area contributed by atoms with Crippen molar-refractivity contribution >= 4 is 29.0 Å². The minimum absolute atomic E-state index is 0.0441. The van der Waals surface area contributed by atoms with Crippen molar-refractivity contribution in [2.75, 3.05) is 4.90 Å². The maximum Gasteiger partial charge on any atom is 0.241 e. The number of Topliss-reactive ketones (excluding diaryl/α,β-unsaturated/α-hetero) is 1. The van der Waals surface area contributed by atoms with Crippen LogP contribution < -0.4 is 4.90 Å². The van der Waals surface area contributed by atoms with Crippen molar-refractivity contribution in [3.05, 3.63) is 29.3 Å². The van der Waals surface area contributed by atoms with E-state index in [9.17, 15) is 9.59 Å². The van der Waals surface area contributed by atoms with Gasteiger partial charge in [0.25, 0.3) is 0 Å². The molecule has 4 heteroatoms. The van der Waals surface area contributed by atoms with Crippen LogP contribution in [0.2, 0.25) is 5.02 Å². The van der Waals surface area contributed by atoms with E-state index in [0.717, 1.165) is 5.69 Å². The molecule has 1 saturated heterocycles. The number of ketones is 1. The first-order valence-electron chi connectivity index (χ1n) is 5.70. The van der Waals surface area contributed by atoms with E-state index in [0.29, 0.717) is 17.9 Å². The van der Waals surface area contributed by atoms with Gasteiger partial charge in [0.1, 0.15) is 5.41 Å². The van der Waals surface area contributed by atoms with Crippen molar-refractivity contribution in [3.8, 4) is 0 Å². The number of carbonyl (C=O) groups is 2. The Kier molecular flexibility index (Phi) is 2.11. The van der Waals surface area contributed by atoms with Crippen LogP contribution in [-0.4, -0.2) is 17.7 Å². The van der Waals surface area contributed by atoms with Crippen LogP contribution in [0.4, 0.5) is 5.69 Å². The standard InChI is InChI=1S/C13H12ClNO2/c1-8-11(16)13(6-7-13)12(17)15(8)10-4-2-9(14)3-5-10/h2-5,8H,6-7H2,1H3. The number of rotatable bonds is 1. The molecule has 17 heavy (non-hydrogen) atoms. The average Bonchev–Trinajstić information content (AvgIpc) is 3.09. The van der Waals surface area contributed by atoms with Crippen molar-refractivity contribution in [3.63, 3.8) is 0 Å². The fourth-order valence-electron chi connectivity index (χ4n) is 2.56. The zero-order valence-corrected chi connectivity index (χ0v) is 10.2. The van der Waals surface area contributed by atoms with Gasteiger partial charge in [0.05, 0.1) is 6.04 Å². The van der Waals surface area contributed by atoms with Gasteiger partial charge in [-0.1, -0.05) is 11.6 Å². The largest absolute Gasteiger partial charge is 0.301 e. The van der Waals surface area contributed by atoms with Crippen molar-refractivity contribution in [1.82, 2.24) is 0 Å². The molecule has 1 aliphatic carbocycles. The molecule has 1 atom stereocenters. The third kappa shape index (κ3) is 1.35. The van der Waals surface area contributed by atoms with Crippen molar-refractivity contribution in [1.29, 1.82) is 0 Å². The SMILES string of the molecule is CC1C(=O)C2(CC2)C(=O)N1c1ccc(Cl)cc1. The minimum Gasteiger partial charge on any atom is -0.301 e. The molecular formula is C13H12ClNO2. The third-order valence-corrected chi connectivity index (χ3v) is 3.97. The lowest BCUT2D eigenvalue weighted by atomic mass is 10.0.